The van der Waals surface area contributed by atoms with E-state index in [4.69, 9.17) is 14.2 Å². The molecule has 0 bridgehead atoms. The minimum Gasteiger partial charge on any atom is -0.462 e. The van der Waals surface area contributed by atoms with Gasteiger partial charge < -0.3 is 14.2 Å². The molecule has 0 amide bonds. The molecule has 0 saturated heterocycles. The second kappa shape index (κ2) is 66.9. The minimum atomic E-state index is -0.776. The van der Waals surface area contributed by atoms with Gasteiger partial charge in [0.2, 0.25) is 0 Å². The number of hydrogen-bond donors (Lipinski definition) is 0. The average Bonchev–Trinajstić information content (AvgIpc) is 3.44. The summed E-state index contributed by atoms with van der Waals surface area (Å²) in [5, 5.41) is 0. The van der Waals surface area contributed by atoms with Crippen molar-refractivity contribution >= 4 is 17.9 Å². The third-order valence-electron chi connectivity index (χ3n) is 15.5. The number of ether oxygens (including phenoxy) is 3. The van der Waals surface area contributed by atoms with Crippen molar-refractivity contribution in [3.63, 3.8) is 0 Å². The zero-order valence-corrected chi connectivity index (χ0v) is 52.5. The SMILES string of the molecule is CCC/C=C\C/C=C\CCCCCCCC(=O)OCC(COC(=O)CCCCCCCCCCCCCCCCCCCCC/C=C\C/C=C\CCCCCCC)OC(=O)CCCCCCCCCCCCCCCCCC. The van der Waals surface area contributed by atoms with Gasteiger partial charge in [0.25, 0.3) is 0 Å². The van der Waals surface area contributed by atoms with Crippen LogP contribution in [0.4, 0.5) is 0 Å². The van der Waals surface area contributed by atoms with Gasteiger partial charge in [-0.05, 0) is 77.0 Å². The van der Waals surface area contributed by atoms with Crippen molar-refractivity contribution in [2.75, 3.05) is 13.2 Å². The van der Waals surface area contributed by atoms with Gasteiger partial charge in [0.15, 0.2) is 6.10 Å². The lowest BCUT2D eigenvalue weighted by Gasteiger charge is -2.18. The van der Waals surface area contributed by atoms with Crippen molar-refractivity contribution in [2.24, 2.45) is 0 Å². The largest absolute Gasteiger partial charge is 0.462 e. The fourth-order valence-corrected chi connectivity index (χ4v) is 10.3. The smallest absolute Gasteiger partial charge is 0.306 e. The molecule has 0 aliphatic carbocycles. The lowest BCUT2D eigenvalue weighted by atomic mass is 10.0. The lowest BCUT2D eigenvalue weighted by molar-refractivity contribution is -0.167. The fraction of sp³-hybridized carbons (Fsp3) is 0.847. The molecule has 0 saturated carbocycles. The summed E-state index contributed by atoms with van der Waals surface area (Å²) in [4.78, 5) is 38.3. The van der Waals surface area contributed by atoms with Crippen molar-refractivity contribution < 1.29 is 28.6 Å². The molecule has 78 heavy (non-hydrogen) atoms. The van der Waals surface area contributed by atoms with E-state index < -0.39 is 6.10 Å². The fourth-order valence-electron chi connectivity index (χ4n) is 10.3. The maximum absolute atomic E-state index is 12.9. The Morgan fingerprint density at radius 2 is 0.487 bits per heavy atom. The summed E-state index contributed by atoms with van der Waals surface area (Å²) in [6.07, 6.45) is 84.3. The minimum absolute atomic E-state index is 0.0723. The molecule has 6 heteroatoms. The van der Waals surface area contributed by atoms with Gasteiger partial charge in [-0.25, -0.2) is 0 Å². The van der Waals surface area contributed by atoms with E-state index in [0.717, 1.165) is 89.9 Å². The highest BCUT2D eigenvalue weighted by atomic mass is 16.6. The van der Waals surface area contributed by atoms with Crippen molar-refractivity contribution in [1.29, 1.82) is 0 Å². The number of rotatable bonds is 64. The predicted octanol–water partition coefficient (Wildman–Crippen LogP) is 23.7. The molecule has 0 aromatic carbocycles. The Kier molecular flexibility index (Phi) is 64.6. The number of unbranched alkanes of at least 4 members (excludes halogenated alkanes) is 45. The first-order chi connectivity index (χ1) is 38.5. The van der Waals surface area contributed by atoms with Crippen molar-refractivity contribution in [3.05, 3.63) is 48.6 Å². The van der Waals surface area contributed by atoms with E-state index in [1.807, 2.05) is 0 Å². The molecule has 456 valence electrons. The molecule has 1 unspecified atom stereocenters. The summed E-state index contributed by atoms with van der Waals surface area (Å²) in [5.74, 6) is -0.862. The first-order valence-corrected chi connectivity index (χ1v) is 34.6. The van der Waals surface area contributed by atoms with Gasteiger partial charge in [-0.1, -0.05) is 326 Å². The highest BCUT2D eigenvalue weighted by molar-refractivity contribution is 5.71. The number of allylic oxidation sites excluding steroid dienone is 8. The molecule has 0 aliphatic heterocycles. The summed E-state index contributed by atoms with van der Waals surface area (Å²) >= 11 is 0. The Balaban J connectivity index is 4.14. The molecule has 0 rings (SSSR count). The second-order valence-corrected chi connectivity index (χ2v) is 23.4. The summed E-state index contributed by atoms with van der Waals surface area (Å²) in [5.41, 5.74) is 0. The molecule has 6 nitrogen and oxygen atoms in total. The van der Waals surface area contributed by atoms with Crippen LogP contribution in [0.1, 0.15) is 374 Å². The van der Waals surface area contributed by atoms with Crippen molar-refractivity contribution in [1.82, 2.24) is 0 Å². The number of hydrogen-bond acceptors (Lipinski definition) is 6. The van der Waals surface area contributed by atoms with Crippen LogP contribution in [0.5, 0.6) is 0 Å². The van der Waals surface area contributed by atoms with Gasteiger partial charge in [0.1, 0.15) is 13.2 Å². The van der Waals surface area contributed by atoms with E-state index in [9.17, 15) is 14.4 Å². The zero-order chi connectivity index (χ0) is 56.4. The van der Waals surface area contributed by atoms with E-state index in [2.05, 4.69) is 69.4 Å². The first kappa shape index (κ1) is 75.4. The average molecular weight is 1090 g/mol. The van der Waals surface area contributed by atoms with Gasteiger partial charge in [-0.3, -0.25) is 14.4 Å². The summed E-state index contributed by atoms with van der Waals surface area (Å²) < 4.78 is 16.9. The van der Waals surface area contributed by atoms with E-state index in [0.29, 0.717) is 19.3 Å². The lowest BCUT2D eigenvalue weighted by Crippen LogP contribution is -2.30. The Bertz CT molecular complexity index is 1350. The third kappa shape index (κ3) is 64.2. The Labute approximate surface area is 486 Å². The van der Waals surface area contributed by atoms with Gasteiger partial charge in [0.05, 0.1) is 0 Å². The highest BCUT2D eigenvalue weighted by Gasteiger charge is 2.19. The quantitative estimate of drug-likeness (QED) is 0.0261. The Morgan fingerprint density at radius 3 is 0.756 bits per heavy atom. The molecule has 0 aromatic rings. The zero-order valence-electron chi connectivity index (χ0n) is 52.5. The molecule has 0 N–H and O–H groups in total. The van der Waals surface area contributed by atoms with Crippen LogP contribution in [0.3, 0.4) is 0 Å². The third-order valence-corrected chi connectivity index (χ3v) is 15.5. The summed E-state index contributed by atoms with van der Waals surface area (Å²) in [6.45, 7) is 6.61. The Hall–Kier alpha value is -2.63. The number of esters is 3. The van der Waals surface area contributed by atoms with Crippen LogP contribution in [0.2, 0.25) is 0 Å². The van der Waals surface area contributed by atoms with Crippen LogP contribution >= 0.6 is 0 Å². The maximum atomic E-state index is 12.9. The second-order valence-electron chi connectivity index (χ2n) is 23.4. The molecule has 0 fully saturated rings. The monoisotopic (exact) mass is 1090 g/mol. The molecule has 0 radical (unpaired) electrons. The molecule has 0 heterocycles. The van der Waals surface area contributed by atoms with Crippen LogP contribution in [-0.4, -0.2) is 37.2 Å². The summed E-state index contributed by atoms with van der Waals surface area (Å²) in [6, 6.07) is 0. The van der Waals surface area contributed by atoms with Gasteiger partial charge >= 0.3 is 17.9 Å². The van der Waals surface area contributed by atoms with Crippen LogP contribution in [0.25, 0.3) is 0 Å². The highest BCUT2D eigenvalue weighted by Crippen LogP contribution is 2.18. The maximum Gasteiger partial charge on any atom is 0.306 e. The van der Waals surface area contributed by atoms with Gasteiger partial charge in [0, 0.05) is 19.3 Å². The molecule has 0 spiro atoms. The molecular weight excluding hydrogens is 961 g/mol. The molecule has 0 aliphatic rings. The first-order valence-electron chi connectivity index (χ1n) is 34.6. The van der Waals surface area contributed by atoms with Gasteiger partial charge in [-0.15, -0.1) is 0 Å². The number of carbonyl (C=O) groups is 3. The van der Waals surface area contributed by atoms with Crippen LogP contribution in [0, 0.1) is 0 Å². The topological polar surface area (TPSA) is 78.9 Å². The van der Waals surface area contributed by atoms with Crippen molar-refractivity contribution in [2.45, 2.75) is 380 Å². The van der Waals surface area contributed by atoms with Gasteiger partial charge in [-0.2, -0.15) is 0 Å². The summed E-state index contributed by atoms with van der Waals surface area (Å²) in [7, 11) is 0. The molecular formula is C72H132O6. The van der Waals surface area contributed by atoms with E-state index >= 15 is 0 Å². The van der Waals surface area contributed by atoms with E-state index in [-0.39, 0.29) is 31.1 Å². The van der Waals surface area contributed by atoms with Crippen LogP contribution < -0.4 is 0 Å². The number of carbonyl (C=O) groups excluding carboxylic acids is 3. The van der Waals surface area contributed by atoms with E-state index in [1.54, 1.807) is 0 Å². The normalized spacial score (nSPS) is 12.3. The van der Waals surface area contributed by atoms with Crippen molar-refractivity contribution in [3.8, 4) is 0 Å². The van der Waals surface area contributed by atoms with Crippen LogP contribution in [0.15, 0.2) is 48.6 Å². The molecule has 0 aromatic heterocycles. The standard InChI is InChI=1S/C72H132O6/c1-4-7-10-13-16-19-22-25-27-29-30-31-32-33-34-35-36-37-38-39-40-41-42-43-45-47-50-53-56-59-62-65-71(74)77-68-69(67-76-70(73)64-61-58-55-52-49-46-24-21-18-15-12-9-6-3)78-72(75)66-63-60-57-54-51-48-44-28-26-23-20-17-14-11-8-5-2/h12,15,21-22,24-25,29-30,69H,4-11,13-14,16-20,23,26-28,31-68H2,1-3H3/b15-12-,24-21-,25-22-,30-29-. The van der Waals surface area contributed by atoms with E-state index in [1.165, 1.54) is 244 Å². The van der Waals surface area contributed by atoms with Crippen LogP contribution in [-0.2, 0) is 28.6 Å². The Morgan fingerprint density at radius 1 is 0.256 bits per heavy atom. The predicted molar refractivity (Wildman–Crippen MR) is 339 cm³/mol. The molecule has 1 atom stereocenters.